The lowest BCUT2D eigenvalue weighted by Gasteiger charge is -2.18. The topological polar surface area (TPSA) is 12.0 Å². The molecule has 150 valence electrons. The molecule has 3 aromatic carbocycles. The van der Waals surface area contributed by atoms with Gasteiger partial charge in [0.2, 0.25) is 0 Å². The summed E-state index contributed by atoms with van der Waals surface area (Å²) in [6.07, 6.45) is 4.86. The van der Waals surface area contributed by atoms with Gasteiger partial charge in [0, 0.05) is 10.6 Å². The third kappa shape index (κ3) is 5.55. The second kappa shape index (κ2) is 10.4. The van der Waals surface area contributed by atoms with Gasteiger partial charge >= 0.3 is 0 Å². The van der Waals surface area contributed by atoms with Gasteiger partial charge in [-0.25, -0.2) is 0 Å². The van der Waals surface area contributed by atoms with E-state index in [0.717, 1.165) is 17.7 Å². The molecule has 29 heavy (non-hydrogen) atoms. The van der Waals surface area contributed by atoms with Crippen LogP contribution in [0.3, 0.4) is 0 Å². The molecule has 3 aromatic rings. The lowest BCUT2D eigenvalue weighted by Crippen LogP contribution is -2.04. The highest BCUT2D eigenvalue weighted by Gasteiger charge is 2.13. The molecule has 0 aliphatic heterocycles. The van der Waals surface area contributed by atoms with E-state index in [1.807, 2.05) is 18.2 Å². The van der Waals surface area contributed by atoms with Crippen molar-refractivity contribution in [1.82, 2.24) is 4.72 Å². The highest BCUT2D eigenvalue weighted by Crippen LogP contribution is 2.35. The molecule has 0 heterocycles. The molecule has 0 unspecified atom stereocenters. The zero-order valence-electron chi connectivity index (χ0n) is 17.8. The van der Waals surface area contributed by atoms with Crippen LogP contribution in [0.4, 0.5) is 0 Å². The maximum atomic E-state index is 4.24. The number of rotatable bonds is 9. The Hall–Kier alpha value is -2.45. The van der Waals surface area contributed by atoms with E-state index in [1.54, 1.807) is 11.9 Å². The van der Waals surface area contributed by atoms with Crippen LogP contribution in [0.25, 0.3) is 16.8 Å². The summed E-state index contributed by atoms with van der Waals surface area (Å²) in [6.45, 7) is 10.9. The van der Waals surface area contributed by atoms with E-state index < -0.39 is 0 Å². The molecule has 0 spiro atoms. The van der Waals surface area contributed by atoms with Crippen LogP contribution in [0.2, 0.25) is 0 Å². The predicted molar refractivity (Wildman–Crippen MR) is 129 cm³/mol. The molecule has 0 aliphatic carbocycles. The molecule has 0 amide bonds. The van der Waals surface area contributed by atoms with Crippen LogP contribution in [-0.4, -0.2) is 0 Å². The van der Waals surface area contributed by atoms with Crippen LogP contribution in [0.5, 0.6) is 0 Å². The van der Waals surface area contributed by atoms with Crippen LogP contribution in [0.15, 0.2) is 78.2 Å². The zero-order chi connectivity index (χ0) is 20.6. The highest BCUT2D eigenvalue weighted by molar-refractivity contribution is 7.97. The average Bonchev–Trinajstić information content (AvgIpc) is 2.74. The molecule has 0 fully saturated rings. The first-order valence-electron chi connectivity index (χ1n) is 10.5. The monoisotopic (exact) mass is 401 g/mol. The summed E-state index contributed by atoms with van der Waals surface area (Å²) >= 11 is 1.70. The summed E-state index contributed by atoms with van der Waals surface area (Å²) in [4.78, 5) is 1.33. The summed E-state index contributed by atoms with van der Waals surface area (Å²) in [5.74, 6) is 0. The van der Waals surface area contributed by atoms with Crippen LogP contribution in [0.1, 0.15) is 48.4 Å². The lowest BCUT2D eigenvalue weighted by atomic mass is 9.95. The molecule has 0 atom stereocenters. The largest absolute Gasteiger partial charge is 0.326 e. The first-order chi connectivity index (χ1) is 14.1. The third-order valence-corrected chi connectivity index (χ3v) is 6.39. The summed E-state index contributed by atoms with van der Waals surface area (Å²) in [7, 11) is 0. The van der Waals surface area contributed by atoms with Crippen molar-refractivity contribution in [1.29, 1.82) is 0 Å². The molecule has 0 saturated heterocycles. The molecule has 0 aliphatic rings. The minimum Gasteiger partial charge on any atom is -0.326 e. The lowest BCUT2D eigenvalue weighted by molar-refractivity contribution is 0.711. The highest BCUT2D eigenvalue weighted by atomic mass is 32.2. The molecule has 0 saturated carbocycles. The molecule has 1 nitrogen and oxygen atoms in total. The van der Waals surface area contributed by atoms with Crippen molar-refractivity contribution in [3.05, 3.63) is 95.6 Å². The maximum Gasteiger partial charge on any atom is 0.0443 e. The number of nitrogens with one attached hydrogen (secondary N) is 1. The van der Waals surface area contributed by atoms with Gasteiger partial charge in [-0.05, 0) is 66.5 Å². The first kappa shape index (κ1) is 21.3. The van der Waals surface area contributed by atoms with Crippen molar-refractivity contribution < 1.29 is 0 Å². The Labute approximate surface area is 180 Å². The Morgan fingerprint density at radius 3 is 2.45 bits per heavy atom. The number of unbranched alkanes of at least 4 members (excludes halogenated alkanes) is 2. The van der Waals surface area contributed by atoms with Gasteiger partial charge in [-0.1, -0.05) is 98.6 Å². The van der Waals surface area contributed by atoms with E-state index in [2.05, 4.69) is 80.6 Å². The summed E-state index contributed by atoms with van der Waals surface area (Å²) in [5.41, 5.74) is 8.71. The number of hydrogen-bond acceptors (Lipinski definition) is 2. The standard InChI is InChI=1S/C27H31NS/c1-5-6-8-15-24-17-18-26(25-16-11-12-20(2)19-25)21(3)27(24)29-28-22(4)23-13-9-7-10-14-23/h7,9-14,16-19,28H,4-6,8,15H2,1-3H3. The molecule has 0 aromatic heterocycles. The summed E-state index contributed by atoms with van der Waals surface area (Å²) < 4.78 is 3.50. The van der Waals surface area contributed by atoms with Gasteiger partial charge in [-0.3, -0.25) is 0 Å². The second-order valence-corrected chi connectivity index (χ2v) is 8.42. The van der Waals surface area contributed by atoms with Crippen LogP contribution >= 0.6 is 11.9 Å². The smallest absolute Gasteiger partial charge is 0.0443 e. The van der Waals surface area contributed by atoms with Crippen LogP contribution < -0.4 is 4.72 Å². The molecule has 0 radical (unpaired) electrons. The van der Waals surface area contributed by atoms with Crippen molar-refractivity contribution >= 4 is 17.6 Å². The fourth-order valence-electron chi connectivity index (χ4n) is 3.59. The minimum absolute atomic E-state index is 0.940. The van der Waals surface area contributed by atoms with Crippen LogP contribution in [-0.2, 0) is 6.42 Å². The van der Waals surface area contributed by atoms with E-state index in [4.69, 9.17) is 0 Å². The van der Waals surface area contributed by atoms with Crippen molar-refractivity contribution in [3.8, 4) is 11.1 Å². The average molecular weight is 402 g/mol. The van der Waals surface area contributed by atoms with Crippen molar-refractivity contribution in [2.75, 3.05) is 0 Å². The molecule has 2 heteroatoms. The molecule has 3 rings (SSSR count). The Balaban J connectivity index is 1.90. The number of benzene rings is 3. The van der Waals surface area contributed by atoms with Gasteiger partial charge in [-0.15, -0.1) is 0 Å². The Bertz CT molecular complexity index is 960. The van der Waals surface area contributed by atoms with E-state index in [1.165, 1.54) is 52.0 Å². The summed E-state index contributed by atoms with van der Waals surface area (Å²) in [5, 5.41) is 0. The fraction of sp³-hybridized carbons (Fsp3) is 0.259. The molecule has 1 N–H and O–H groups in total. The fourth-order valence-corrected chi connectivity index (χ4v) is 4.50. The quantitative estimate of drug-likeness (QED) is 0.288. The maximum absolute atomic E-state index is 4.24. The Morgan fingerprint density at radius 2 is 1.72 bits per heavy atom. The van der Waals surface area contributed by atoms with E-state index in [-0.39, 0.29) is 0 Å². The third-order valence-electron chi connectivity index (χ3n) is 5.26. The van der Waals surface area contributed by atoms with E-state index in [9.17, 15) is 0 Å². The Morgan fingerprint density at radius 1 is 0.931 bits per heavy atom. The number of aryl methyl sites for hydroxylation is 2. The summed E-state index contributed by atoms with van der Waals surface area (Å²) in [6, 6.07) is 23.7. The van der Waals surface area contributed by atoms with E-state index in [0.29, 0.717) is 0 Å². The second-order valence-electron chi connectivity index (χ2n) is 7.60. The molecular formula is C27H31NS. The normalized spacial score (nSPS) is 10.7. The Kier molecular flexibility index (Phi) is 7.60. The van der Waals surface area contributed by atoms with Crippen molar-refractivity contribution in [2.24, 2.45) is 0 Å². The van der Waals surface area contributed by atoms with Crippen molar-refractivity contribution in [3.63, 3.8) is 0 Å². The van der Waals surface area contributed by atoms with Gasteiger partial charge in [0.15, 0.2) is 0 Å². The van der Waals surface area contributed by atoms with Gasteiger partial charge in [0.25, 0.3) is 0 Å². The van der Waals surface area contributed by atoms with Gasteiger partial charge in [-0.2, -0.15) is 0 Å². The van der Waals surface area contributed by atoms with Gasteiger partial charge in [0.05, 0.1) is 0 Å². The SMILES string of the molecule is C=C(NSc1c(CCCCC)ccc(-c2cccc(C)c2)c1C)c1ccccc1. The molecular weight excluding hydrogens is 370 g/mol. The van der Waals surface area contributed by atoms with Gasteiger partial charge < -0.3 is 4.72 Å². The predicted octanol–water partition coefficient (Wildman–Crippen LogP) is 7.97. The number of hydrogen-bond donors (Lipinski definition) is 1. The van der Waals surface area contributed by atoms with Crippen LogP contribution in [0, 0.1) is 13.8 Å². The molecule has 0 bridgehead atoms. The van der Waals surface area contributed by atoms with Crippen molar-refractivity contribution in [2.45, 2.75) is 51.3 Å². The zero-order valence-corrected chi connectivity index (χ0v) is 18.6. The first-order valence-corrected chi connectivity index (χ1v) is 11.3. The van der Waals surface area contributed by atoms with E-state index >= 15 is 0 Å². The minimum atomic E-state index is 0.940. The van der Waals surface area contributed by atoms with Gasteiger partial charge in [0.1, 0.15) is 0 Å².